The van der Waals surface area contributed by atoms with E-state index in [1.165, 1.54) is 6.20 Å². The zero-order chi connectivity index (χ0) is 18.0. The minimum absolute atomic E-state index is 0.00278. The predicted octanol–water partition coefficient (Wildman–Crippen LogP) is 1.49. The number of likely N-dealkylation sites (tertiary alicyclic amines) is 1. The molecular formula is C18H23N3O4. The minimum atomic E-state index is -0.671. The predicted molar refractivity (Wildman–Crippen MR) is 92.0 cm³/mol. The Balaban J connectivity index is 1.75. The van der Waals surface area contributed by atoms with E-state index >= 15 is 0 Å². The van der Waals surface area contributed by atoms with Crippen LogP contribution in [0.2, 0.25) is 0 Å². The largest absolute Gasteiger partial charge is 0.494 e. The van der Waals surface area contributed by atoms with Crippen molar-refractivity contribution in [3.8, 4) is 11.4 Å². The van der Waals surface area contributed by atoms with Crippen LogP contribution in [0, 0.1) is 0 Å². The maximum Gasteiger partial charge on any atom is 0.257 e. The minimum Gasteiger partial charge on any atom is -0.494 e. The summed E-state index contributed by atoms with van der Waals surface area (Å²) in [5.74, 6) is 0.502. The SMILES string of the molecule is COc1ccccc1-n1cc(C(=O)N2C[C@@H](O)[C@H](OC(C)C)C2)cn1. The maximum atomic E-state index is 12.7. The first-order valence-corrected chi connectivity index (χ1v) is 8.30. The summed E-state index contributed by atoms with van der Waals surface area (Å²) in [6.45, 7) is 4.46. The van der Waals surface area contributed by atoms with E-state index in [4.69, 9.17) is 9.47 Å². The van der Waals surface area contributed by atoms with E-state index in [1.54, 1.807) is 22.9 Å². The summed E-state index contributed by atoms with van der Waals surface area (Å²) in [4.78, 5) is 14.3. The summed E-state index contributed by atoms with van der Waals surface area (Å²) in [6, 6.07) is 7.46. The summed E-state index contributed by atoms with van der Waals surface area (Å²) in [6.07, 6.45) is 2.17. The van der Waals surface area contributed by atoms with Crippen LogP contribution in [0.5, 0.6) is 5.75 Å². The molecule has 25 heavy (non-hydrogen) atoms. The molecule has 1 amide bonds. The zero-order valence-electron chi connectivity index (χ0n) is 14.6. The van der Waals surface area contributed by atoms with Crippen molar-refractivity contribution in [2.24, 2.45) is 0 Å². The second-order valence-corrected chi connectivity index (χ2v) is 6.35. The molecule has 1 saturated heterocycles. The lowest BCUT2D eigenvalue weighted by Crippen LogP contribution is -2.31. The van der Waals surface area contributed by atoms with E-state index in [-0.39, 0.29) is 24.7 Å². The van der Waals surface area contributed by atoms with Crippen molar-refractivity contribution in [2.45, 2.75) is 32.2 Å². The number of aromatic nitrogens is 2. The van der Waals surface area contributed by atoms with Gasteiger partial charge in [-0.15, -0.1) is 0 Å². The highest BCUT2D eigenvalue weighted by molar-refractivity contribution is 5.94. The molecule has 0 aliphatic carbocycles. The highest BCUT2D eigenvalue weighted by Gasteiger charge is 2.36. The molecule has 2 heterocycles. The maximum absolute atomic E-state index is 12.7. The van der Waals surface area contributed by atoms with Crippen LogP contribution in [0.15, 0.2) is 36.7 Å². The first-order valence-electron chi connectivity index (χ1n) is 8.30. The van der Waals surface area contributed by atoms with Crippen molar-refractivity contribution < 1.29 is 19.4 Å². The van der Waals surface area contributed by atoms with Crippen LogP contribution in [0.25, 0.3) is 5.69 Å². The summed E-state index contributed by atoms with van der Waals surface area (Å²) >= 11 is 0. The number of rotatable bonds is 5. The third-order valence-electron chi connectivity index (χ3n) is 4.13. The lowest BCUT2D eigenvalue weighted by molar-refractivity contribution is -0.0394. The molecule has 1 aromatic heterocycles. The number of β-amino-alcohol motifs (C(OH)–C–C–N with tert-alkyl or cyclic N) is 1. The van der Waals surface area contributed by atoms with Gasteiger partial charge in [-0.2, -0.15) is 5.10 Å². The molecule has 7 heteroatoms. The Kier molecular flexibility index (Phi) is 5.06. The monoisotopic (exact) mass is 345 g/mol. The molecule has 1 N–H and O–H groups in total. The van der Waals surface area contributed by atoms with E-state index in [0.29, 0.717) is 17.9 Å². The van der Waals surface area contributed by atoms with E-state index < -0.39 is 6.10 Å². The molecule has 0 bridgehead atoms. The van der Waals surface area contributed by atoms with Crippen LogP contribution < -0.4 is 4.74 Å². The van der Waals surface area contributed by atoms with Crippen LogP contribution in [0.3, 0.4) is 0 Å². The third kappa shape index (κ3) is 3.67. The number of hydrogen-bond acceptors (Lipinski definition) is 5. The number of nitrogens with zero attached hydrogens (tertiary/aromatic N) is 3. The fourth-order valence-electron chi connectivity index (χ4n) is 2.97. The number of hydrogen-bond donors (Lipinski definition) is 1. The van der Waals surface area contributed by atoms with Gasteiger partial charge in [0.15, 0.2) is 0 Å². The molecule has 1 aromatic carbocycles. The topological polar surface area (TPSA) is 76.8 Å². The second-order valence-electron chi connectivity index (χ2n) is 6.35. The molecule has 1 aliphatic heterocycles. The fraction of sp³-hybridized carbons (Fsp3) is 0.444. The number of aliphatic hydroxyl groups excluding tert-OH is 1. The van der Waals surface area contributed by atoms with Crippen LogP contribution >= 0.6 is 0 Å². The van der Waals surface area contributed by atoms with Crippen molar-refractivity contribution >= 4 is 5.91 Å². The smallest absolute Gasteiger partial charge is 0.257 e. The molecule has 0 spiro atoms. The molecule has 3 rings (SSSR count). The highest BCUT2D eigenvalue weighted by atomic mass is 16.5. The average Bonchev–Trinajstić information content (AvgIpc) is 3.21. The Hall–Kier alpha value is -2.38. The van der Waals surface area contributed by atoms with Gasteiger partial charge in [0.1, 0.15) is 17.5 Å². The van der Waals surface area contributed by atoms with Crippen molar-refractivity contribution in [1.82, 2.24) is 14.7 Å². The van der Waals surface area contributed by atoms with E-state index in [9.17, 15) is 9.90 Å². The standard InChI is InChI=1S/C18H23N3O4/c1-12(2)25-17-11-20(10-15(17)22)18(23)13-8-19-21(9-13)14-6-4-5-7-16(14)24-3/h4-9,12,15,17,22H,10-11H2,1-3H3/t15-,17-/m1/s1. The lowest BCUT2D eigenvalue weighted by atomic mass is 10.2. The third-order valence-corrected chi connectivity index (χ3v) is 4.13. The Morgan fingerprint density at radius 2 is 2.08 bits per heavy atom. The second kappa shape index (κ2) is 7.25. The van der Waals surface area contributed by atoms with Gasteiger partial charge >= 0.3 is 0 Å². The summed E-state index contributed by atoms with van der Waals surface area (Å²) in [5, 5.41) is 14.4. The Bertz CT molecular complexity index is 743. The van der Waals surface area contributed by atoms with Crippen molar-refractivity contribution in [1.29, 1.82) is 0 Å². The molecule has 2 atom stereocenters. The quantitative estimate of drug-likeness (QED) is 0.888. The molecule has 0 radical (unpaired) electrons. The van der Waals surface area contributed by atoms with Gasteiger partial charge in [0, 0.05) is 19.3 Å². The summed E-state index contributed by atoms with van der Waals surface area (Å²) in [5.41, 5.74) is 1.22. The van der Waals surface area contributed by atoms with Gasteiger partial charge < -0.3 is 19.5 Å². The Labute approximate surface area is 146 Å². The van der Waals surface area contributed by atoms with Gasteiger partial charge in [0.25, 0.3) is 5.91 Å². The average molecular weight is 345 g/mol. The van der Waals surface area contributed by atoms with Gasteiger partial charge in [-0.3, -0.25) is 4.79 Å². The number of para-hydroxylation sites is 2. The van der Waals surface area contributed by atoms with Gasteiger partial charge in [-0.25, -0.2) is 4.68 Å². The molecule has 0 saturated carbocycles. The highest BCUT2D eigenvalue weighted by Crippen LogP contribution is 2.23. The molecule has 7 nitrogen and oxygen atoms in total. The van der Waals surface area contributed by atoms with Gasteiger partial charge in [0.05, 0.1) is 31.1 Å². The summed E-state index contributed by atoms with van der Waals surface area (Å²) in [7, 11) is 1.59. The Morgan fingerprint density at radius 3 is 2.80 bits per heavy atom. The van der Waals surface area contributed by atoms with Gasteiger partial charge in [-0.05, 0) is 26.0 Å². The van der Waals surface area contributed by atoms with E-state index in [1.807, 2.05) is 38.1 Å². The molecule has 0 unspecified atom stereocenters. The number of amides is 1. The normalized spacial score (nSPS) is 20.3. The van der Waals surface area contributed by atoms with Crippen LogP contribution in [0.4, 0.5) is 0 Å². The number of aliphatic hydroxyl groups is 1. The molecule has 1 fully saturated rings. The molecular weight excluding hydrogens is 322 g/mol. The fourth-order valence-corrected chi connectivity index (χ4v) is 2.97. The zero-order valence-corrected chi connectivity index (χ0v) is 14.6. The van der Waals surface area contributed by atoms with Gasteiger partial charge in [0.2, 0.25) is 0 Å². The lowest BCUT2D eigenvalue weighted by Gasteiger charge is -2.17. The van der Waals surface area contributed by atoms with Crippen LogP contribution in [-0.4, -0.2) is 64.2 Å². The van der Waals surface area contributed by atoms with Crippen LogP contribution in [-0.2, 0) is 4.74 Å². The van der Waals surface area contributed by atoms with Crippen molar-refractivity contribution in [3.05, 3.63) is 42.2 Å². The van der Waals surface area contributed by atoms with Crippen molar-refractivity contribution in [3.63, 3.8) is 0 Å². The summed E-state index contributed by atoms with van der Waals surface area (Å²) < 4.78 is 12.6. The molecule has 134 valence electrons. The number of ether oxygens (including phenoxy) is 2. The van der Waals surface area contributed by atoms with Gasteiger partial charge in [-0.1, -0.05) is 12.1 Å². The van der Waals surface area contributed by atoms with Crippen molar-refractivity contribution in [2.75, 3.05) is 20.2 Å². The van der Waals surface area contributed by atoms with Crippen LogP contribution in [0.1, 0.15) is 24.2 Å². The first kappa shape index (κ1) is 17.4. The number of carbonyl (C=O) groups excluding carboxylic acids is 1. The number of benzene rings is 1. The van der Waals surface area contributed by atoms with E-state index in [2.05, 4.69) is 5.10 Å². The number of methoxy groups -OCH3 is 1. The molecule has 1 aliphatic rings. The molecule has 2 aromatic rings. The Morgan fingerprint density at radius 1 is 1.32 bits per heavy atom. The van der Waals surface area contributed by atoms with E-state index in [0.717, 1.165) is 5.69 Å². The number of carbonyl (C=O) groups is 1. The first-order chi connectivity index (χ1) is 12.0.